The molecule has 1 aromatic rings. The van der Waals surface area contributed by atoms with Gasteiger partial charge in [-0.15, -0.1) is 0 Å². The van der Waals surface area contributed by atoms with Gasteiger partial charge in [0.25, 0.3) is 0 Å². The average Bonchev–Trinajstić information content (AvgIpc) is 3.02. The van der Waals surface area contributed by atoms with E-state index >= 15 is 0 Å². The number of aryl methyl sites for hydroxylation is 2. The lowest BCUT2D eigenvalue weighted by Gasteiger charge is -2.28. The number of likely N-dealkylation sites (tertiary alicyclic amines) is 2. The van der Waals surface area contributed by atoms with E-state index in [4.69, 9.17) is 0 Å². The van der Waals surface area contributed by atoms with E-state index in [2.05, 4.69) is 12.0 Å². The first-order valence-electron chi connectivity index (χ1n) is 9.54. The summed E-state index contributed by atoms with van der Waals surface area (Å²) >= 11 is 0. The first kappa shape index (κ1) is 16.6. The van der Waals surface area contributed by atoms with Gasteiger partial charge in [0, 0.05) is 44.4 Å². The third-order valence-corrected chi connectivity index (χ3v) is 6.17. The fraction of sp³-hybridized carbons (Fsp3) is 0.737. The van der Waals surface area contributed by atoms with Crippen LogP contribution in [0.5, 0.6) is 0 Å². The summed E-state index contributed by atoms with van der Waals surface area (Å²) < 4.78 is 1.90. The van der Waals surface area contributed by atoms with Crippen LogP contribution in [0.2, 0.25) is 0 Å². The van der Waals surface area contributed by atoms with E-state index in [0.717, 1.165) is 37.3 Å². The van der Waals surface area contributed by atoms with Crippen LogP contribution in [0.4, 0.5) is 0 Å². The Hall–Kier alpha value is -1.85. The summed E-state index contributed by atoms with van der Waals surface area (Å²) in [6.07, 6.45) is 4.87. The molecule has 2 aliphatic heterocycles. The highest BCUT2D eigenvalue weighted by Gasteiger charge is 2.42. The van der Waals surface area contributed by atoms with Crippen molar-refractivity contribution in [1.82, 2.24) is 19.6 Å². The number of nitrogens with zero attached hydrogens (tertiary/aromatic N) is 4. The van der Waals surface area contributed by atoms with Gasteiger partial charge in [0.2, 0.25) is 11.8 Å². The number of amides is 2. The Labute approximate surface area is 149 Å². The average molecular weight is 344 g/mol. The zero-order valence-corrected chi connectivity index (χ0v) is 15.5. The third-order valence-electron chi connectivity index (χ3n) is 6.17. The second-order valence-electron chi connectivity index (χ2n) is 8.04. The summed E-state index contributed by atoms with van der Waals surface area (Å²) in [4.78, 5) is 29.4. The zero-order chi connectivity index (χ0) is 17.7. The van der Waals surface area contributed by atoms with Crippen LogP contribution in [0.1, 0.15) is 55.1 Å². The van der Waals surface area contributed by atoms with Crippen molar-refractivity contribution in [2.24, 2.45) is 18.9 Å². The zero-order valence-electron chi connectivity index (χ0n) is 15.5. The molecule has 136 valence electrons. The summed E-state index contributed by atoms with van der Waals surface area (Å²) in [5.41, 5.74) is 3.36. The molecular weight excluding hydrogens is 316 g/mol. The molecule has 2 amide bonds. The molecule has 1 saturated carbocycles. The summed E-state index contributed by atoms with van der Waals surface area (Å²) in [6.45, 7) is 6.37. The summed E-state index contributed by atoms with van der Waals surface area (Å²) in [6, 6.07) is 0.119. The maximum atomic E-state index is 13.2. The van der Waals surface area contributed by atoms with E-state index in [1.807, 2.05) is 28.5 Å². The molecule has 0 spiro atoms. The molecule has 0 N–H and O–H groups in total. The molecule has 2 atom stereocenters. The van der Waals surface area contributed by atoms with Crippen LogP contribution < -0.4 is 0 Å². The second-order valence-corrected chi connectivity index (χ2v) is 8.04. The van der Waals surface area contributed by atoms with Crippen molar-refractivity contribution in [3.05, 3.63) is 17.0 Å². The molecule has 0 radical (unpaired) electrons. The smallest absolute Gasteiger partial charge is 0.228 e. The number of hydrogen-bond acceptors (Lipinski definition) is 3. The maximum absolute atomic E-state index is 13.2. The lowest BCUT2D eigenvalue weighted by Crippen LogP contribution is -2.37. The van der Waals surface area contributed by atoms with Crippen molar-refractivity contribution in [2.45, 2.75) is 52.0 Å². The Morgan fingerprint density at radius 1 is 1.24 bits per heavy atom. The van der Waals surface area contributed by atoms with Crippen LogP contribution in [-0.4, -0.2) is 51.0 Å². The topological polar surface area (TPSA) is 58.4 Å². The van der Waals surface area contributed by atoms with Gasteiger partial charge in [-0.1, -0.05) is 0 Å². The van der Waals surface area contributed by atoms with Crippen molar-refractivity contribution in [1.29, 1.82) is 0 Å². The Bertz CT molecular complexity index is 707. The van der Waals surface area contributed by atoms with E-state index < -0.39 is 0 Å². The first-order chi connectivity index (χ1) is 12.0. The van der Waals surface area contributed by atoms with Gasteiger partial charge >= 0.3 is 0 Å². The minimum absolute atomic E-state index is 0.119. The van der Waals surface area contributed by atoms with E-state index in [0.29, 0.717) is 18.9 Å². The van der Waals surface area contributed by atoms with E-state index in [-0.39, 0.29) is 23.8 Å². The van der Waals surface area contributed by atoms with E-state index in [9.17, 15) is 9.59 Å². The standard InChI is InChI=1S/C19H28N4O2/c1-12-18(13(2)21(3)20-12)16-5-4-8-23(16)19(25)15-9-17(24)22(11-15)10-14-6-7-14/h14-16H,4-11H2,1-3H3. The van der Waals surface area contributed by atoms with E-state index in [1.54, 1.807) is 0 Å². The SMILES string of the molecule is Cc1nn(C)c(C)c1C1CCCN1C(=O)C1CC(=O)N(CC2CC2)C1. The fourth-order valence-electron chi connectivity index (χ4n) is 4.56. The molecular formula is C19H28N4O2. The number of carbonyl (C=O) groups excluding carboxylic acids is 2. The summed E-state index contributed by atoms with van der Waals surface area (Å²) in [5.74, 6) is 0.841. The third kappa shape index (κ3) is 2.96. The van der Waals surface area contributed by atoms with Crippen LogP contribution in [0.3, 0.4) is 0 Å². The maximum Gasteiger partial charge on any atom is 0.228 e. The predicted octanol–water partition coefficient (Wildman–Crippen LogP) is 1.96. The molecule has 0 aromatic carbocycles. The molecule has 2 saturated heterocycles. The molecule has 0 bridgehead atoms. The van der Waals surface area contributed by atoms with Gasteiger partial charge in [-0.3, -0.25) is 14.3 Å². The van der Waals surface area contributed by atoms with Crippen LogP contribution in [0.15, 0.2) is 0 Å². The highest BCUT2D eigenvalue weighted by molar-refractivity contribution is 5.89. The molecule has 6 heteroatoms. The highest BCUT2D eigenvalue weighted by atomic mass is 16.2. The monoisotopic (exact) mass is 344 g/mol. The number of aromatic nitrogens is 2. The van der Waals surface area contributed by atoms with Crippen molar-refractivity contribution >= 4 is 11.8 Å². The van der Waals surface area contributed by atoms with Gasteiger partial charge in [0.15, 0.2) is 0 Å². The number of hydrogen-bond donors (Lipinski definition) is 0. The van der Waals surface area contributed by atoms with Gasteiger partial charge < -0.3 is 9.80 Å². The van der Waals surface area contributed by atoms with Crippen molar-refractivity contribution in [2.75, 3.05) is 19.6 Å². The van der Waals surface area contributed by atoms with Gasteiger partial charge in [0.05, 0.1) is 17.7 Å². The molecule has 3 fully saturated rings. The van der Waals surface area contributed by atoms with Gasteiger partial charge in [-0.25, -0.2) is 0 Å². The largest absolute Gasteiger partial charge is 0.342 e. The van der Waals surface area contributed by atoms with Gasteiger partial charge in [0.1, 0.15) is 0 Å². The van der Waals surface area contributed by atoms with Crippen LogP contribution >= 0.6 is 0 Å². The Balaban J connectivity index is 1.50. The van der Waals surface area contributed by atoms with Crippen LogP contribution in [-0.2, 0) is 16.6 Å². The highest BCUT2D eigenvalue weighted by Crippen LogP contribution is 2.38. The second kappa shape index (κ2) is 6.15. The Morgan fingerprint density at radius 2 is 2.00 bits per heavy atom. The minimum atomic E-state index is -0.163. The van der Waals surface area contributed by atoms with Crippen LogP contribution in [0, 0.1) is 25.7 Å². The molecule has 3 heterocycles. The number of rotatable bonds is 4. The van der Waals surface area contributed by atoms with Crippen molar-refractivity contribution < 1.29 is 9.59 Å². The quantitative estimate of drug-likeness (QED) is 0.839. The minimum Gasteiger partial charge on any atom is -0.342 e. The van der Waals surface area contributed by atoms with Crippen LogP contribution in [0.25, 0.3) is 0 Å². The van der Waals surface area contributed by atoms with Gasteiger partial charge in [-0.2, -0.15) is 5.10 Å². The molecule has 1 aromatic heterocycles. The molecule has 2 unspecified atom stereocenters. The molecule has 3 aliphatic rings. The number of carbonyl (C=O) groups is 2. The lowest BCUT2D eigenvalue weighted by molar-refractivity contribution is -0.136. The first-order valence-corrected chi connectivity index (χ1v) is 9.54. The Kier molecular flexibility index (Phi) is 4.08. The lowest BCUT2D eigenvalue weighted by atomic mass is 10.0. The molecule has 4 rings (SSSR count). The normalized spacial score (nSPS) is 26.8. The van der Waals surface area contributed by atoms with Crippen molar-refractivity contribution in [3.8, 4) is 0 Å². The predicted molar refractivity (Wildman–Crippen MR) is 93.8 cm³/mol. The molecule has 6 nitrogen and oxygen atoms in total. The molecule has 25 heavy (non-hydrogen) atoms. The van der Waals surface area contributed by atoms with Crippen molar-refractivity contribution in [3.63, 3.8) is 0 Å². The van der Waals surface area contributed by atoms with E-state index in [1.165, 1.54) is 18.4 Å². The summed E-state index contributed by atoms with van der Waals surface area (Å²) in [5, 5.41) is 4.53. The molecule has 1 aliphatic carbocycles. The summed E-state index contributed by atoms with van der Waals surface area (Å²) in [7, 11) is 1.96. The van der Waals surface area contributed by atoms with Gasteiger partial charge in [-0.05, 0) is 45.4 Å². The fourth-order valence-corrected chi connectivity index (χ4v) is 4.56. The Morgan fingerprint density at radius 3 is 2.64 bits per heavy atom.